The molecule has 8 nitrogen and oxygen atoms in total. The highest BCUT2D eigenvalue weighted by Crippen LogP contribution is 2.15. The molecular formula is C10H12IN5O3. The van der Waals surface area contributed by atoms with E-state index in [9.17, 15) is 9.59 Å². The lowest BCUT2D eigenvalue weighted by Crippen LogP contribution is -2.30. The standard InChI is InChI=1S/C10H12IN5O3/c1-14-4-5(3-12)16-9(17)6(11)7(13)8(15-16)10(18)19-2/h3-4H,12-13H2,1-2H3. The predicted molar refractivity (Wildman–Crippen MR) is 79.8 cm³/mol. The number of hydrogen-bond acceptors (Lipinski definition) is 7. The van der Waals surface area contributed by atoms with Crippen LogP contribution in [0.3, 0.4) is 0 Å². The third-order valence-electron chi connectivity index (χ3n) is 2.13. The molecule has 0 amide bonds. The lowest BCUT2D eigenvalue weighted by molar-refractivity contribution is 0.0593. The zero-order chi connectivity index (χ0) is 14.6. The first-order valence-electron chi connectivity index (χ1n) is 4.99. The van der Waals surface area contributed by atoms with Crippen molar-refractivity contribution in [2.75, 3.05) is 19.9 Å². The van der Waals surface area contributed by atoms with E-state index >= 15 is 0 Å². The second-order valence-corrected chi connectivity index (χ2v) is 4.34. The van der Waals surface area contributed by atoms with Crippen LogP contribution in [0.4, 0.5) is 5.69 Å². The minimum absolute atomic E-state index is 0.0292. The molecule has 0 aliphatic carbocycles. The molecule has 9 heteroatoms. The number of aromatic nitrogens is 2. The number of carbonyl (C=O) groups excluding carboxylic acids is 1. The van der Waals surface area contributed by atoms with Crippen LogP contribution in [-0.4, -0.2) is 36.1 Å². The molecule has 0 spiro atoms. The van der Waals surface area contributed by atoms with Gasteiger partial charge in [0.2, 0.25) is 0 Å². The molecule has 1 heterocycles. The van der Waals surface area contributed by atoms with Gasteiger partial charge in [-0.1, -0.05) is 0 Å². The van der Waals surface area contributed by atoms with Crippen molar-refractivity contribution < 1.29 is 9.53 Å². The van der Waals surface area contributed by atoms with Crippen LogP contribution < -0.4 is 17.0 Å². The number of nitrogens with two attached hydrogens (primary N) is 2. The van der Waals surface area contributed by atoms with Gasteiger partial charge in [0.15, 0.2) is 5.69 Å². The first kappa shape index (κ1) is 15.1. The first-order chi connectivity index (χ1) is 8.97. The quantitative estimate of drug-likeness (QED) is 0.422. The number of aliphatic imine (C=N–C) groups is 1. The lowest BCUT2D eigenvalue weighted by atomic mass is 10.3. The molecular weight excluding hydrogens is 365 g/mol. The maximum absolute atomic E-state index is 12.0. The molecule has 0 aromatic carbocycles. The molecule has 19 heavy (non-hydrogen) atoms. The Morgan fingerprint density at radius 3 is 2.68 bits per heavy atom. The highest BCUT2D eigenvalue weighted by Gasteiger charge is 2.20. The van der Waals surface area contributed by atoms with Gasteiger partial charge in [-0.05, 0) is 22.6 Å². The summed E-state index contributed by atoms with van der Waals surface area (Å²) in [6.45, 7) is 0. The lowest BCUT2D eigenvalue weighted by Gasteiger charge is -2.10. The second-order valence-electron chi connectivity index (χ2n) is 3.26. The maximum Gasteiger partial charge on any atom is 0.360 e. The van der Waals surface area contributed by atoms with Gasteiger partial charge in [-0.3, -0.25) is 9.79 Å². The van der Waals surface area contributed by atoms with Crippen molar-refractivity contribution in [1.29, 1.82) is 0 Å². The molecule has 0 aliphatic heterocycles. The van der Waals surface area contributed by atoms with Crippen LogP contribution >= 0.6 is 22.6 Å². The van der Waals surface area contributed by atoms with Crippen LogP contribution in [0.5, 0.6) is 0 Å². The number of anilines is 1. The monoisotopic (exact) mass is 377 g/mol. The third-order valence-corrected chi connectivity index (χ3v) is 3.17. The number of methoxy groups -OCH3 is 1. The first-order valence-corrected chi connectivity index (χ1v) is 6.06. The van der Waals surface area contributed by atoms with Gasteiger partial charge in [0.05, 0.1) is 12.8 Å². The van der Waals surface area contributed by atoms with E-state index in [0.29, 0.717) is 0 Å². The Hall–Kier alpha value is -1.91. The van der Waals surface area contributed by atoms with E-state index in [0.717, 1.165) is 10.9 Å². The molecule has 1 aromatic heterocycles. The van der Waals surface area contributed by atoms with E-state index < -0.39 is 11.5 Å². The Morgan fingerprint density at radius 2 is 2.21 bits per heavy atom. The van der Waals surface area contributed by atoms with Crippen molar-refractivity contribution in [3.05, 3.63) is 25.8 Å². The summed E-state index contributed by atoms with van der Waals surface area (Å²) in [5.74, 6) is -0.742. The van der Waals surface area contributed by atoms with Crippen molar-refractivity contribution in [2.45, 2.75) is 0 Å². The van der Waals surface area contributed by atoms with Gasteiger partial charge in [-0.2, -0.15) is 9.78 Å². The average molecular weight is 377 g/mol. The molecule has 1 rings (SSSR count). The van der Waals surface area contributed by atoms with E-state index in [1.807, 2.05) is 0 Å². The zero-order valence-corrected chi connectivity index (χ0v) is 12.4. The number of carbonyl (C=O) groups is 1. The van der Waals surface area contributed by atoms with Crippen molar-refractivity contribution in [1.82, 2.24) is 9.78 Å². The normalized spacial score (nSPS) is 11.8. The number of ether oxygens (including phenoxy) is 1. The third kappa shape index (κ3) is 2.92. The highest BCUT2D eigenvalue weighted by molar-refractivity contribution is 14.1. The molecule has 0 saturated carbocycles. The van der Waals surface area contributed by atoms with Crippen LogP contribution in [0.15, 0.2) is 16.0 Å². The van der Waals surface area contributed by atoms with E-state index in [2.05, 4.69) is 14.8 Å². The van der Waals surface area contributed by atoms with Crippen molar-refractivity contribution in [3.63, 3.8) is 0 Å². The van der Waals surface area contributed by atoms with Crippen LogP contribution in [-0.2, 0) is 4.74 Å². The molecule has 0 saturated heterocycles. The van der Waals surface area contributed by atoms with Gasteiger partial charge in [0.25, 0.3) is 5.56 Å². The SMILES string of the molecule is CN=CC(=CN)n1nc(C(=O)OC)c(N)c(I)c1=O. The highest BCUT2D eigenvalue weighted by atomic mass is 127. The smallest absolute Gasteiger partial charge is 0.360 e. The summed E-state index contributed by atoms with van der Waals surface area (Å²) in [6, 6.07) is 0. The molecule has 0 atom stereocenters. The minimum Gasteiger partial charge on any atom is -0.464 e. The predicted octanol–water partition coefficient (Wildman–Crippen LogP) is -0.326. The van der Waals surface area contributed by atoms with Crippen LogP contribution in [0.1, 0.15) is 10.5 Å². The number of halogens is 1. The van der Waals surface area contributed by atoms with Gasteiger partial charge < -0.3 is 16.2 Å². The summed E-state index contributed by atoms with van der Waals surface area (Å²) in [5.41, 5.74) is 10.6. The summed E-state index contributed by atoms with van der Waals surface area (Å²) >= 11 is 1.73. The fourth-order valence-electron chi connectivity index (χ4n) is 1.23. The molecule has 0 unspecified atom stereocenters. The topological polar surface area (TPSA) is 126 Å². The van der Waals surface area contributed by atoms with E-state index in [-0.39, 0.29) is 20.6 Å². The molecule has 0 radical (unpaired) electrons. The van der Waals surface area contributed by atoms with Gasteiger partial charge in [0.1, 0.15) is 9.27 Å². The number of allylic oxidation sites excluding steroid dienone is 1. The summed E-state index contributed by atoms with van der Waals surface area (Å²) < 4.78 is 5.65. The Bertz CT molecular complexity index is 620. The van der Waals surface area contributed by atoms with Gasteiger partial charge in [-0.15, -0.1) is 0 Å². The summed E-state index contributed by atoms with van der Waals surface area (Å²) in [4.78, 5) is 27.3. The van der Waals surface area contributed by atoms with E-state index in [1.54, 1.807) is 22.6 Å². The summed E-state index contributed by atoms with van der Waals surface area (Å²) in [7, 11) is 2.71. The van der Waals surface area contributed by atoms with Crippen LogP contribution in [0.2, 0.25) is 0 Å². The number of esters is 1. The van der Waals surface area contributed by atoms with Crippen molar-refractivity contribution in [3.8, 4) is 0 Å². The van der Waals surface area contributed by atoms with Gasteiger partial charge in [0, 0.05) is 19.5 Å². The maximum atomic E-state index is 12.0. The fourth-order valence-corrected chi connectivity index (χ4v) is 1.72. The molecule has 102 valence electrons. The van der Waals surface area contributed by atoms with E-state index in [4.69, 9.17) is 11.5 Å². The summed E-state index contributed by atoms with van der Waals surface area (Å²) in [6.07, 6.45) is 2.48. The number of nitrogens with zero attached hydrogens (tertiary/aromatic N) is 3. The Kier molecular flexibility index (Phi) is 5.03. The van der Waals surface area contributed by atoms with Gasteiger partial charge in [-0.25, -0.2) is 4.79 Å². The molecule has 0 aliphatic rings. The van der Waals surface area contributed by atoms with Crippen molar-refractivity contribution >= 4 is 46.2 Å². The number of hydrogen-bond donors (Lipinski definition) is 2. The number of rotatable bonds is 3. The molecule has 0 bridgehead atoms. The Balaban J connectivity index is 3.63. The number of nitrogen functional groups attached to an aromatic ring is 1. The largest absolute Gasteiger partial charge is 0.464 e. The molecule has 0 fully saturated rings. The Morgan fingerprint density at radius 1 is 1.58 bits per heavy atom. The zero-order valence-electron chi connectivity index (χ0n) is 10.3. The minimum atomic E-state index is -0.742. The second kappa shape index (κ2) is 6.31. The average Bonchev–Trinajstić information content (AvgIpc) is 2.42. The van der Waals surface area contributed by atoms with Crippen LogP contribution in [0.25, 0.3) is 5.70 Å². The summed E-state index contributed by atoms with van der Waals surface area (Å²) in [5, 5.41) is 3.85. The van der Waals surface area contributed by atoms with Crippen molar-refractivity contribution in [2.24, 2.45) is 10.7 Å². The molecule has 4 N–H and O–H groups in total. The van der Waals surface area contributed by atoms with Crippen LogP contribution in [0, 0.1) is 3.57 Å². The van der Waals surface area contributed by atoms with E-state index in [1.165, 1.54) is 20.4 Å². The molecule has 1 aromatic rings. The Labute approximate surface area is 122 Å². The fraction of sp³-hybridized carbons (Fsp3) is 0.200. The van der Waals surface area contributed by atoms with Gasteiger partial charge >= 0.3 is 5.97 Å².